The van der Waals surface area contributed by atoms with Gasteiger partial charge in [0, 0.05) is 45.3 Å². The van der Waals surface area contributed by atoms with E-state index in [1.807, 2.05) is 6.92 Å². The van der Waals surface area contributed by atoms with Crippen molar-refractivity contribution < 1.29 is 0 Å². The van der Waals surface area contributed by atoms with Crippen LogP contribution >= 0.6 is 0 Å². The van der Waals surface area contributed by atoms with Gasteiger partial charge in [0.1, 0.15) is 18.0 Å². The lowest BCUT2D eigenvalue weighted by molar-refractivity contribution is 0.287. The molecule has 2 fully saturated rings. The Morgan fingerprint density at radius 1 is 0.909 bits per heavy atom. The Bertz CT molecular complexity index is 533. The Balaban J connectivity index is 1.61. The molecule has 0 unspecified atom stereocenters. The molecule has 22 heavy (non-hydrogen) atoms. The van der Waals surface area contributed by atoms with Gasteiger partial charge in [-0.2, -0.15) is 0 Å². The summed E-state index contributed by atoms with van der Waals surface area (Å²) < 4.78 is 0. The second kappa shape index (κ2) is 7.46. The second-order valence-corrected chi connectivity index (χ2v) is 5.97. The van der Waals surface area contributed by atoms with Crippen molar-refractivity contribution >= 4 is 11.6 Å². The van der Waals surface area contributed by atoms with Crippen molar-refractivity contribution in [1.29, 1.82) is 0 Å². The summed E-state index contributed by atoms with van der Waals surface area (Å²) in [6, 6.07) is 2.16. The van der Waals surface area contributed by atoms with Gasteiger partial charge in [-0.05, 0) is 26.2 Å². The molecule has 0 saturated carbocycles. The van der Waals surface area contributed by atoms with Crippen LogP contribution in [0.15, 0.2) is 12.4 Å². The normalized spacial score (nSPS) is 19.7. The molecule has 2 saturated heterocycles. The number of hydrogen-bond donors (Lipinski definition) is 0. The highest BCUT2D eigenvalue weighted by Gasteiger charge is 2.19. The molecule has 0 radical (unpaired) electrons. The third-order valence-electron chi connectivity index (χ3n) is 4.49. The molecule has 3 heterocycles. The van der Waals surface area contributed by atoms with Gasteiger partial charge in [0.2, 0.25) is 0 Å². The fraction of sp³-hybridized carbons (Fsp3) is 0.647. The molecule has 0 aliphatic carbocycles. The Kier molecular flexibility index (Phi) is 5.12. The lowest BCUT2D eigenvalue weighted by atomic mass is 10.1. The molecule has 0 amide bonds. The van der Waals surface area contributed by atoms with E-state index in [2.05, 4.69) is 42.6 Å². The lowest BCUT2D eigenvalue weighted by Gasteiger charge is -2.35. The highest BCUT2D eigenvalue weighted by molar-refractivity contribution is 5.50. The molecule has 1 aromatic heterocycles. The first-order valence-electron chi connectivity index (χ1n) is 8.31. The van der Waals surface area contributed by atoms with Gasteiger partial charge >= 0.3 is 0 Å². The van der Waals surface area contributed by atoms with Crippen molar-refractivity contribution in [2.45, 2.75) is 26.2 Å². The molecule has 1 aromatic rings. The summed E-state index contributed by atoms with van der Waals surface area (Å²) in [5.74, 6) is 8.27. The fourth-order valence-electron chi connectivity index (χ4n) is 3.13. The van der Waals surface area contributed by atoms with E-state index in [9.17, 15) is 0 Å². The zero-order valence-electron chi connectivity index (χ0n) is 13.5. The monoisotopic (exact) mass is 299 g/mol. The Hall–Kier alpha value is -1.80. The van der Waals surface area contributed by atoms with Crippen molar-refractivity contribution in [3.05, 3.63) is 12.4 Å². The molecule has 3 rings (SSSR count). The van der Waals surface area contributed by atoms with Crippen LogP contribution in [0.3, 0.4) is 0 Å². The average Bonchev–Trinajstić information content (AvgIpc) is 2.61. The number of aromatic nitrogens is 2. The number of anilines is 2. The van der Waals surface area contributed by atoms with Crippen molar-refractivity contribution in [2.75, 3.05) is 55.6 Å². The van der Waals surface area contributed by atoms with Gasteiger partial charge in [-0.25, -0.2) is 9.97 Å². The van der Waals surface area contributed by atoms with Crippen molar-refractivity contribution in [3.63, 3.8) is 0 Å². The van der Waals surface area contributed by atoms with Crippen LogP contribution in [0.4, 0.5) is 11.6 Å². The fourth-order valence-corrected chi connectivity index (χ4v) is 3.13. The summed E-state index contributed by atoms with van der Waals surface area (Å²) in [6.45, 7) is 9.17. The van der Waals surface area contributed by atoms with Crippen LogP contribution in [0, 0.1) is 11.8 Å². The maximum Gasteiger partial charge on any atom is 0.134 e. The molecular weight excluding hydrogens is 274 g/mol. The smallest absolute Gasteiger partial charge is 0.134 e. The molecule has 0 spiro atoms. The Morgan fingerprint density at radius 3 is 2.18 bits per heavy atom. The summed E-state index contributed by atoms with van der Waals surface area (Å²) >= 11 is 0. The maximum atomic E-state index is 4.49. The summed E-state index contributed by atoms with van der Waals surface area (Å²) in [5.41, 5.74) is 0. The first-order valence-corrected chi connectivity index (χ1v) is 8.31. The molecule has 2 aliphatic heterocycles. The van der Waals surface area contributed by atoms with Crippen LogP contribution in [0.25, 0.3) is 0 Å². The van der Waals surface area contributed by atoms with Crippen molar-refractivity contribution in [3.8, 4) is 11.8 Å². The topological polar surface area (TPSA) is 35.5 Å². The zero-order chi connectivity index (χ0) is 15.2. The van der Waals surface area contributed by atoms with Gasteiger partial charge in [-0.3, -0.25) is 4.90 Å². The minimum absolute atomic E-state index is 0.882. The van der Waals surface area contributed by atoms with Gasteiger partial charge in [0.25, 0.3) is 0 Å². The van der Waals surface area contributed by atoms with Gasteiger partial charge in [-0.1, -0.05) is 5.92 Å². The summed E-state index contributed by atoms with van der Waals surface area (Å²) in [5, 5.41) is 0. The van der Waals surface area contributed by atoms with Crippen molar-refractivity contribution in [2.24, 2.45) is 0 Å². The van der Waals surface area contributed by atoms with E-state index >= 15 is 0 Å². The number of piperazine rings is 1. The van der Waals surface area contributed by atoms with Gasteiger partial charge in [-0.15, -0.1) is 5.92 Å². The Labute approximate surface area is 133 Å². The first-order chi connectivity index (χ1) is 10.9. The van der Waals surface area contributed by atoms with E-state index in [1.54, 1.807) is 6.33 Å². The molecular formula is C17H25N5. The van der Waals surface area contributed by atoms with E-state index in [0.717, 1.165) is 57.4 Å². The number of hydrogen-bond acceptors (Lipinski definition) is 5. The van der Waals surface area contributed by atoms with E-state index in [-0.39, 0.29) is 0 Å². The highest BCUT2D eigenvalue weighted by Crippen LogP contribution is 2.21. The molecule has 5 heteroatoms. The molecule has 0 N–H and O–H groups in total. The second-order valence-electron chi connectivity index (χ2n) is 5.97. The van der Waals surface area contributed by atoms with E-state index in [1.165, 1.54) is 19.3 Å². The largest absolute Gasteiger partial charge is 0.356 e. The molecule has 0 bridgehead atoms. The summed E-state index contributed by atoms with van der Waals surface area (Å²) in [6.07, 6.45) is 5.61. The molecule has 5 nitrogen and oxygen atoms in total. The summed E-state index contributed by atoms with van der Waals surface area (Å²) in [7, 11) is 0. The molecule has 0 atom stereocenters. The Morgan fingerprint density at radius 2 is 1.55 bits per heavy atom. The highest BCUT2D eigenvalue weighted by atomic mass is 15.3. The van der Waals surface area contributed by atoms with Gasteiger partial charge in [0.15, 0.2) is 0 Å². The van der Waals surface area contributed by atoms with Crippen LogP contribution in [0.1, 0.15) is 26.2 Å². The van der Waals surface area contributed by atoms with Crippen LogP contribution in [0.5, 0.6) is 0 Å². The van der Waals surface area contributed by atoms with Crippen molar-refractivity contribution in [1.82, 2.24) is 14.9 Å². The van der Waals surface area contributed by atoms with Crippen LogP contribution in [-0.4, -0.2) is 60.7 Å². The number of piperidine rings is 1. The van der Waals surface area contributed by atoms with Crippen LogP contribution in [-0.2, 0) is 0 Å². The van der Waals surface area contributed by atoms with E-state index < -0.39 is 0 Å². The predicted molar refractivity (Wildman–Crippen MR) is 90.2 cm³/mol. The zero-order valence-corrected chi connectivity index (χ0v) is 13.5. The minimum Gasteiger partial charge on any atom is -0.356 e. The van der Waals surface area contributed by atoms with Crippen LogP contribution < -0.4 is 9.80 Å². The van der Waals surface area contributed by atoms with Gasteiger partial charge < -0.3 is 9.80 Å². The SMILES string of the molecule is CC#CCN1CCN(c2cc(N3CCCCC3)ncn2)CC1. The third-order valence-corrected chi connectivity index (χ3v) is 4.49. The molecule has 118 valence electrons. The maximum absolute atomic E-state index is 4.49. The van der Waals surface area contributed by atoms with Crippen LogP contribution in [0.2, 0.25) is 0 Å². The average molecular weight is 299 g/mol. The van der Waals surface area contributed by atoms with E-state index in [0.29, 0.717) is 0 Å². The first kappa shape index (κ1) is 15.1. The molecule has 0 aromatic carbocycles. The van der Waals surface area contributed by atoms with Gasteiger partial charge in [0.05, 0.1) is 6.54 Å². The number of rotatable bonds is 3. The summed E-state index contributed by atoms with van der Waals surface area (Å²) in [4.78, 5) is 16.1. The van der Waals surface area contributed by atoms with E-state index in [4.69, 9.17) is 0 Å². The quantitative estimate of drug-likeness (QED) is 0.793. The predicted octanol–water partition coefficient (Wildman–Crippen LogP) is 1.61. The number of nitrogens with zero attached hydrogens (tertiary/aromatic N) is 5. The standard InChI is InChI=1S/C17H25N5/c1-2-3-7-20-10-12-22(13-11-20)17-14-16(18-15-19-17)21-8-5-4-6-9-21/h14-15H,4-13H2,1H3. The minimum atomic E-state index is 0.882. The molecule has 2 aliphatic rings. The lowest BCUT2D eigenvalue weighted by Crippen LogP contribution is -2.46. The third kappa shape index (κ3) is 3.69.